The molecule has 5 unspecified atom stereocenters. The van der Waals surface area contributed by atoms with Crippen LogP contribution < -0.4 is 0 Å². The van der Waals surface area contributed by atoms with Crippen molar-refractivity contribution in [2.24, 2.45) is 0 Å². The molecule has 0 radical (unpaired) electrons. The second-order valence-corrected chi connectivity index (χ2v) is 29.4. The Hall–Kier alpha value is -3.53. The zero-order valence-electron chi connectivity index (χ0n) is 62.6. The topological polar surface area (TPSA) is 231 Å². The van der Waals surface area contributed by atoms with Gasteiger partial charge in [0, 0.05) is 19.3 Å². The Balaban J connectivity index is 4.39. The van der Waals surface area contributed by atoms with E-state index in [1.807, 2.05) is 0 Å². The summed E-state index contributed by atoms with van der Waals surface area (Å²) in [4.78, 5) is 58.5. The third-order valence-corrected chi connectivity index (χ3v) is 18.7. The van der Waals surface area contributed by atoms with Crippen LogP contribution in [0.4, 0.5) is 0 Å². The van der Waals surface area contributed by atoms with Crippen molar-refractivity contribution in [1.29, 1.82) is 0 Å². The van der Waals surface area contributed by atoms with Crippen molar-refractivity contribution >= 4 is 33.6 Å². The standard InChI is InChI=1S/C81H144O16P2/c1-4-7-10-13-16-19-22-25-28-29-30-31-32-33-34-35-36-37-38-39-40-41-42-43-44-45-48-50-52-55-58-61-64-67-79(84)91-70-76(82)71-93-98(87,88)94-72-77(83)73-95-99(89,90)96-75-78(97-81(86)69-66-63-60-57-54-51-47-27-24-21-18-15-12-9-6-3)74-92-80(85)68-65-62-59-56-53-49-46-26-23-20-17-14-11-8-5-2/h16-21,25-28,30-31,33-34,46-47,76-78,82-83H,4-15,22-24,29,32,35-45,48-75H2,1-3H3,(H,87,88)(H,89,90)/b19-16-,20-17-,21-18-,28-25-,31-30-,34-33-,46-26-,47-27-. The number of unbranched alkanes of at least 4 members (excludes halogenated alkanes) is 36. The van der Waals surface area contributed by atoms with Crippen LogP contribution in [0, 0.1) is 0 Å². The quantitative estimate of drug-likeness (QED) is 0.0146. The van der Waals surface area contributed by atoms with Crippen molar-refractivity contribution in [1.82, 2.24) is 0 Å². The third-order valence-electron chi connectivity index (χ3n) is 16.8. The number of allylic oxidation sites excluding steroid dienone is 16. The molecule has 0 amide bonds. The summed E-state index contributed by atoms with van der Waals surface area (Å²) in [5.41, 5.74) is 0. The van der Waals surface area contributed by atoms with Crippen LogP contribution in [-0.4, -0.2) is 95.9 Å². The molecule has 0 heterocycles. The molecule has 99 heavy (non-hydrogen) atoms. The van der Waals surface area contributed by atoms with E-state index in [0.717, 1.165) is 128 Å². The zero-order valence-corrected chi connectivity index (χ0v) is 64.4. The molecule has 0 aromatic heterocycles. The predicted molar refractivity (Wildman–Crippen MR) is 408 cm³/mol. The third kappa shape index (κ3) is 75.5. The smallest absolute Gasteiger partial charge is 0.463 e. The van der Waals surface area contributed by atoms with Gasteiger partial charge in [-0.05, 0) is 128 Å². The molecule has 0 bridgehead atoms. The zero-order chi connectivity index (χ0) is 72.3. The molecule has 0 rings (SSSR count). The first kappa shape index (κ1) is 95.5. The number of aliphatic hydroxyl groups excluding tert-OH is 2. The van der Waals surface area contributed by atoms with Gasteiger partial charge < -0.3 is 34.2 Å². The number of ether oxygens (including phenoxy) is 3. The molecule has 0 fully saturated rings. The van der Waals surface area contributed by atoms with Crippen LogP contribution in [0.25, 0.3) is 0 Å². The fourth-order valence-corrected chi connectivity index (χ4v) is 12.3. The van der Waals surface area contributed by atoms with Gasteiger partial charge in [0.1, 0.15) is 25.4 Å². The molecule has 4 N–H and O–H groups in total. The molecule has 0 aromatic carbocycles. The van der Waals surface area contributed by atoms with E-state index in [9.17, 15) is 43.5 Å². The fraction of sp³-hybridized carbons (Fsp3) is 0.765. The summed E-state index contributed by atoms with van der Waals surface area (Å²) in [6.45, 7) is 2.59. The normalized spacial score (nSPS) is 14.5. The molecule has 18 heteroatoms. The Morgan fingerprint density at radius 2 is 0.505 bits per heavy atom. The highest BCUT2D eigenvalue weighted by Gasteiger charge is 2.29. The molecule has 5 atom stereocenters. The molecule has 0 aromatic rings. The lowest BCUT2D eigenvalue weighted by Gasteiger charge is -2.21. The molecule has 0 saturated carbocycles. The molecular formula is C81H144O16P2. The predicted octanol–water partition coefficient (Wildman–Crippen LogP) is 23.0. The van der Waals surface area contributed by atoms with Gasteiger partial charge in [-0.3, -0.25) is 32.5 Å². The minimum Gasteiger partial charge on any atom is -0.463 e. The lowest BCUT2D eigenvalue weighted by Crippen LogP contribution is -2.30. The second-order valence-electron chi connectivity index (χ2n) is 26.5. The average molecular weight is 1440 g/mol. The highest BCUT2D eigenvalue weighted by Crippen LogP contribution is 2.45. The SMILES string of the molecule is CCCCC/C=C\C/C=C\C/C=C\C/C=C\CCCCCCCCCCCCCCCCCCCC(=O)OCC(O)COP(=O)(O)OCC(O)COP(=O)(O)OCC(COC(=O)CCCCCCC/C=C\C/C=C\CCCCC)OC(=O)CCCCCCC/C=C\C/C=C\CCCCC. The summed E-state index contributed by atoms with van der Waals surface area (Å²) in [6.07, 6.45) is 84.7. The van der Waals surface area contributed by atoms with E-state index < -0.39 is 91.5 Å². The summed E-state index contributed by atoms with van der Waals surface area (Å²) in [5, 5.41) is 20.6. The number of phosphoric acid groups is 2. The monoisotopic (exact) mass is 1430 g/mol. The van der Waals surface area contributed by atoms with Crippen molar-refractivity contribution in [2.45, 2.75) is 360 Å². The molecule has 574 valence electrons. The van der Waals surface area contributed by atoms with E-state index >= 15 is 0 Å². The number of hydrogen-bond acceptors (Lipinski definition) is 14. The van der Waals surface area contributed by atoms with Gasteiger partial charge in [0.15, 0.2) is 6.10 Å². The maximum absolute atomic E-state index is 12.9. The van der Waals surface area contributed by atoms with E-state index in [1.165, 1.54) is 154 Å². The minimum atomic E-state index is -4.93. The average Bonchev–Trinajstić information content (AvgIpc) is 1.43. The van der Waals surface area contributed by atoms with Gasteiger partial charge in [-0.2, -0.15) is 0 Å². The summed E-state index contributed by atoms with van der Waals surface area (Å²) in [7, 11) is -9.79. The largest absolute Gasteiger partial charge is 0.472 e. The molecule has 16 nitrogen and oxygen atoms in total. The van der Waals surface area contributed by atoms with Crippen LogP contribution in [0.3, 0.4) is 0 Å². The fourth-order valence-electron chi connectivity index (χ4n) is 10.7. The van der Waals surface area contributed by atoms with Crippen LogP contribution in [0.15, 0.2) is 97.2 Å². The van der Waals surface area contributed by atoms with Gasteiger partial charge in [-0.25, -0.2) is 9.13 Å². The van der Waals surface area contributed by atoms with E-state index in [2.05, 4.69) is 118 Å². The molecule has 0 spiro atoms. The van der Waals surface area contributed by atoms with E-state index in [1.54, 1.807) is 0 Å². The number of phosphoric ester groups is 2. The van der Waals surface area contributed by atoms with E-state index in [4.69, 9.17) is 32.3 Å². The molecule has 0 saturated heterocycles. The van der Waals surface area contributed by atoms with Crippen LogP contribution in [0.5, 0.6) is 0 Å². The Bertz CT molecular complexity index is 2190. The molecule has 0 aliphatic rings. The van der Waals surface area contributed by atoms with E-state index in [0.29, 0.717) is 19.3 Å². The first-order chi connectivity index (χ1) is 48.2. The summed E-state index contributed by atoms with van der Waals surface area (Å²) < 4.78 is 61.0. The van der Waals surface area contributed by atoms with Crippen LogP contribution in [-0.2, 0) is 55.8 Å². The lowest BCUT2D eigenvalue weighted by molar-refractivity contribution is -0.161. The van der Waals surface area contributed by atoms with Gasteiger partial charge >= 0.3 is 33.6 Å². The molecule has 0 aliphatic carbocycles. The number of hydrogen-bond donors (Lipinski definition) is 4. The van der Waals surface area contributed by atoms with Crippen molar-refractivity contribution in [2.75, 3.05) is 39.6 Å². The van der Waals surface area contributed by atoms with Crippen molar-refractivity contribution in [3.8, 4) is 0 Å². The number of esters is 3. The second kappa shape index (κ2) is 74.2. The van der Waals surface area contributed by atoms with Crippen LogP contribution >= 0.6 is 15.6 Å². The highest BCUT2D eigenvalue weighted by molar-refractivity contribution is 7.47. The van der Waals surface area contributed by atoms with Gasteiger partial charge in [0.05, 0.1) is 26.4 Å². The maximum Gasteiger partial charge on any atom is 0.472 e. The van der Waals surface area contributed by atoms with Gasteiger partial charge in [0.2, 0.25) is 0 Å². The molecule has 0 aliphatic heterocycles. The van der Waals surface area contributed by atoms with Crippen molar-refractivity contribution in [3.05, 3.63) is 97.2 Å². The number of rotatable bonds is 75. The Morgan fingerprint density at radius 1 is 0.283 bits per heavy atom. The first-order valence-corrected chi connectivity index (χ1v) is 42.5. The van der Waals surface area contributed by atoms with Gasteiger partial charge in [-0.15, -0.1) is 0 Å². The van der Waals surface area contributed by atoms with Crippen LogP contribution in [0.1, 0.15) is 342 Å². The maximum atomic E-state index is 12.9. The Kier molecular flexibility index (Phi) is 71.6. The summed E-state index contributed by atoms with van der Waals surface area (Å²) >= 11 is 0. The minimum absolute atomic E-state index is 0.0862. The summed E-state index contributed by atoms with van der Waals surface area (Å²) in [5.74, 6) is -1.60. The van der Waals surface area contributed by atoms with Gasteiger partial charge in [0.25, 0.3) is 0 Å². The number of aliphatic hydroxyl groups is 2. The highest BCUT2D eigenvalue weighted by atomic mass is 31.2. The van der Waals surface area contributed by atoms with E-state index in [-0.39, 0.29) is 19.3 Å². The van der Waals surface area contributed by atoms with Crippen molar-refractivity contribution < 1.29 is 75.8 Å². The first-order valence-electron chi connectivity index (χ1n) is 39.5. The summed E-state index contributed by atoms with van der Waals surface area (Å²) in [6, 6.07) is 0. The number of carbonyl (C=O) groups is 3. The Labute approximate surface area is 603 Å². The van der Waals surface area contributed by atoms with Crippen molar-refractivity contribution in [3.63, 3.8) is 0 Å². The lowest BCUT2D eigenvalue weighted by atomic mass is 10.0. The van der Waals surface area contributed by atoms with Gasteiger partial charge in [-0.1, -0.05) is 291 Å². The number of carbonyl (C=O) groups excluding carboxylic acids is 3. The Morgan fingerprint density at radius 3 is 0.798 bits per heavy atom. The molecular weight excluding hydrogens is 1290 g/mol. The van der Waals surface area contributed by atoms with Crippen LogP contribution in [0.2, 0.25) is 0 Å².